The lowest BCUT2D eigenvalue weighted by molar-refractivity contribution is -0.137. The molecule has 1 aliphatic rings. The molecule has 14 heteroatoms. The number of aromatic amines is 1. The predicted octanol–water partition coefficient (Wildman–Crippen LogP) is 5.77. The molecule has 1 N–H and O–H groups in total. The third kappa shape index (κ3) is 5.42. The van der Waals surface area contributed by atoms with E-state index in [4.69, 9.17) is 4.74 Å². The van der Waals surface area contributed by atoms with E-state index < -0.39 is 41.5 Å². The summed E-state index contributed by atoms with van der Waals surface area (Å²) in [5.74, 6) is -1.70. The zero-order valence-electron chi connectivity index (χ0n) is 23.5. The molecule has 2 heterocycles. The molecular formula is C30H25F5N6O3. The lowest BCUT2D eigenvalue weighted by Gasteiger charge is -2.18. The molecule has 3 aromatic carbocycles. The van der Waals surface area contributed by atoms with Gasteiger partial charge in [-0.25, -0.2) is 13.6 Å². The van der Waals surface area contributed by atoms with Gasteiger partial charge in [0.2, 0.25) is 5.91 Å². The van der Waals surface area contributed by atoms with E-state index in [9.17, 15) is 27.2 Å². The maximum absolute atomic E-state index is 15.4. The average molecular weight is 613 g/mol. The van der Waals surface area contributed by atoms with Gasteiger partial charge in [-0.05, 0) is 79.4 Å². The van der Waals surface area contributed by atoms with Gasteiger partial charge < -0.3 is 14.6 Å². The highest BCUT2D eigenvalue weighted by molar-refractivity contribution is 5.97. The predicted molar refractivity (Wildman–Crippen MR) is 150 cm³/mol. The average Bonchev–Trinajstić information content (AvgIpc) is 3.59. The summed E-state index contributed by atoms with van der Waals surface area (Å²) in [5, 5.41) is 7.42. The Hall–Kier alpha value is -5.01. The standard InChI is InChI=1S/C30H25F5N6O3/c1-16-9-17(10-23(32)28(16)44-14-25-36-15-37-38-25)22-11-18(30(33,34)35)12-24-27(22)41(21-7-8-21)29(43)40(24)13-26(42)39(2)20-5-3-19(31)4-6-20/h3-6,9-12,15,21H,7-8,13-14H2,1-2H3,(H,36,37,38). The van der Waals surface area contributed by atoms with E-state index in [1.54, 1.807) is 6.92 Å². The fourth-order valence-corrected chi connectivity index (χ4v) is 5.18. The van der Waals surface area contributed by atoms with Gasteiger partial charge in [-0.3, -0.25) is 13.9 Å². The number of nitrogens with zero attached hydrogens (tertiary/aromatic N) is 5. The molecule has 228 valence electrons. The van der Waals surface area contributed by atoms with E-state index in [0.29, 0.717) is 29.9 Å². The Kier molecular flexibility index (Phi) is 7.22. The minimum atomic E-state index is -4.81. The van der Waals surface area contributed by atoms with Crippen molar-refractivity contribution in [2.24, 2.45) is 0 Å². The van der Waals surface area contributed by atoms with Gasteiger partial charge in [0, 0.05) is 24.3 Å². The Morgan fingerprint density at radius 2 is 1.84 bits per heavy atom. The number of rotatable bonds is 8. The zero-order chi connectivity index (χ0) is 31.3. The number of hydrogen-bond donors (Lipinski definition) is 1. The van der Waals surface area contributed by atoms with Gasteiger partial charge in [-0.2, -0.15) is 13.2 Å². The molecule has 0 atom stereocenters. The normalized spacial score (nSPS) is 13.4. The number of ether oxygens (including phenoxy) is 1. The molecule has 0 spiro atoms. The number of H-pyrrole nitrogens is 1. The van der Waals surface area contributed by atoms with Crippen molar-refractivity contribution in [1.29, 1.82) is 0 Å². The smallest absolute Gasteiger partial charge is 0.416 e. The number of carbonyl (C=O) groups excluding carboxylic acids is 1. The topological polar surface area (TPSA) is 98.0 Å². The first-order valence-corrected chi connectivity index (χ1v) is 13.6. The molecule has 0 unspecified atom stereocenters. The molecule has 6 rings (SSSR count). The molecule has 1 amide bonds. The highest BCUT2D eigenvalue weighted by Gasteiger charge is 2.36. The van der Waals surface area contributed by atoms with Crippen LogP contribution in [0.4, 0.5) is 27.6 Å². The SMILES string of the molecule is Cc1cc(-c2cc(C(F)(F)F)cc3c2n(C2CC2)c(=O)n3CC(=O)N(C)c2ccc(F)cc2)cc(F)c1OCc1nnc[nH]1. The number of carbonyl (C=O) groups is 1. The number of anilines is 1. The van der Waals surface area contributed by atoms with E-state index in [1.165, 1.54) is 41.0 Å². The van der Waals surface area contributed by atoms with Crippen LogP contribution in [0.1, 0.15) is 35.8 Å². The van der Waals surface area contributed by atoms with Crippen LogP contribution in [-0.4, -0.2) is 37.3 Å². The molecule has 5 aromatic rings. The second-order valence-corrected chi connectivity index (χ2v) is 10.6. The Morgan fingerprint density at radius 3 is 2.45 bits per heavy atom. The third-order valence-electron chi connectivity index (χ3n) is 7.54. The lowest BCUT2D eigenvalue weighted by Crippen LogP contribution is -2.34. The zero-order valence-corrected chi connectivity index (χ0v) is 23.5. The van der Waals surface area contributed by atoms with Crippen LogP contribution < -0.4 is 15.3 Å². The van der Waals surface area contributed by atoms with E-state index in [2.05, 4.69) is 15.2 Å². The van der Waals surface area contributed by atoms with Gasteiger partial charge in [0.15, 0.2) is 17.4 Å². The van der Waals surface area contributed by atoms with Gasteiger partial charge >= 0.3 is 11.9 Å². The monoisotopic (exact) mass is 612 g/mol. The van der Waals surface area contributed by atoms with Crippen LogP contribution in [0.25, 0.3) is 22.2 Å². The number of likely N-dealkylation sites (N-methyl/N-ethyl adjacent to an activating group) is 1. The quantitative estimate of drug-likeness (QED) is 0.225. The van der Waals surface area contributed by atoms with Gasteiger partial charge in [0.1, 0.15) is 25.3 Å². The van der Waals surface area contributed by atoms with Crippen molar-refractivity contribution >= 4 is 22.6 Å². The number of aryl methyl sites for hydroxylation is 1. The number of benzene rings is 3. The molecule has 44 heavy (non-hydrogen) atoms. The maximum atomic E-state index is 15.4. The summed E-state index contributed by atoms with van der Waals surface area (Å²) < 4.78 is 79.4. The minimum absolute atomic E-state index is 0.0132. The van der Waals surface area contributed by atoms with Crippen LogP contribution in [0.15, 0.2) is 59.7 Å². The Labute approximate surface area is 246 Å². The van der Waals surface area contributed by atoms with Crippen molar-refractivity contribution < 1.29 is 31.5 Å². The van der Waals surface area contributed by atoms with Crippen LogP contribution in [0.5, 0.6) is 5.75 Å². The number of hydrogen-bond acceptors (Lipinski definition) is 5. The molecule has 0 bridgehead atoms. The summed E-state index contributed by atoms with van der Waals surface area (Å²) in [7, 11) is 1.42. The minimum Gasteiger partial charge on any atom is -0.482 e. The number of amides is 1. The second kappa shape index (κ2) is 10.9. The first kappa shape index (κ1) is 29.1. The van der Waals surface area contributed by atoms with Crippen LogP contribution in [0, 0.1) is 18.6 Å². The largest absolute Gasteiger partial charge is 0.482 e. The third-order valence-corrected chi connectivity index (χ3v) is 7.54. The number of aromatic nitrogens is 5. The summed E-state index contributed by atoms with van der Waals surface area (Å²) in [6.45, 7) is 0.858. The van der Waals surface area contributed by atoms with Crippen molar-refractivity contribution in [2.45, 2.75) is 45.1 Å². The Balaban J connectivity index is 1.48. The number of fused-ring (bicyclic) bond motifs is 1. The van der Waals surface area contributed by atoms with Crippen LogP contribution in [-0.2, 0) is 24.1 Å². The molecule has 1 aliphatic carbocycles. The molecule has 1 saturated carbocycles. The lowest BCUT2D eigenvalue weighted by atomic mass is 9.98. The summed E-state index contributed by atoms with van der Waals surface area (Å²) in [5.41, 5.74) is -0.944. The van der Waals surface area contributed by atoms with E-state index in [-0.39, 0.29) is 40.6 Å². The summed E-state index contributed by atoms with van der Waals surface area (Å²) >= 11 is 0. The molecule has 1 fully saturated rings. The maximum Gasteiger partial charge on any atom is 0.416 e. The Morgan fingerprint density at radius 1 is 1.11 bits per heavy atom. The summed E-state index contributed by atoms with van der Waals surface area (Å²) in [6, 6.07) is 9.06. The highest BCUT2D eigenvalue weighted by Crippen LogP contribution is 2.43. The van der Waals surface area contributed by atoms with Gasteiger partial charge in [0.05, 0.1) is 16.6 Å². The summed E-state index contributed by atoms with van der Waals surface area (Å²) in [6.07, 6.45) is -2.24. The Bertz CT molecular complexity index is 1900. The number of halogens is 5. The van der Waals surface area contributed by atoms with Gasteiger partial charge in [-0.15, -0.1) is 10.2 Å². The first-order valence-electron chi connectivity index (χ1n) is 13.6. The van der Waals surface area contributed by atoms with Crippen molar-refractivity contribution in [1.82, 2.24) is 24.3 Å². The number of nitrogens with one attached hydrogen (secondary N) is 1. The number of imidazole rings is 1. The second-order valence-electron chi connectivity index (χ2n) is 10.6. The van der Waals surface area contributed by atoms with E-state index in [0.717, 1.165) is 34.9 Å². The molecule has 9 nitrogen and oxygen atoms in total. The van der Waals surface area contributed by atoms with E-state index >= 15 is 4.39 Å². The van der Waals surface area contributed by atoms with Crippen molar-refractivity contribution in [3.8, 4) is 16.9 Å². The van der Waals surface area contributed by atoms with Gasteiger partial charge in [0.25, 0.3) is 0 Å². The molecule has 0 aliphatic heterocycles. The van der Waals surface area contributed by atoms with E-state index in [1.807, 2.05) is 0 Å². The molecule has 0 radical (unpaired) electrons. The van der Waals surface area contributed by atoms with Gasteiger partial charge in [-0.1, -0.05) is 0 Å². The fraction of sp³-hybridized carbons (Fsp3) is 0.267. The van der Waals surface area contributed by atoms with Crippen molar-refractivity contribution in [3.63, 3.8) is 0 Å². The van der Waals surface area contributed by atoms with Crippen molar-refractivity contribution in [2.75, 3.05) is 11.9 Å². The number of alkyl halides is 3. The van der Waals surface area contributed by atoms with Crippen molar-refractivity contribution in [3.05, 3.63) is 93.9 Å². The molecule has 2 aromatic heterocycles. The molecular weight excluding hydrogens is 587 g/mol. The van der Waals surface area contributed by atoms with Crippen LogP contribution in [0.2, 0.25) is 0 Å². The highest BCUT2D eigenvalue weighted by atomic mass is 19.4. The fourth-order valence-electron chi connectivity index (χ4n) is 5.18. The van der Waals surface area contributed by atoms with Crippen LogP contribution >= 0.6 is 0 Å². The molecule has 0 saturated heterocycles. The first-order chi connectivity index (χ1) is 20.9. The summed E-state index contributed by atoms with van der Waals surface area (Å²) in [4.78, 5) is 30.9. The van der Waals surface area contributed by atoms with Crippen LogP contribution in [0.3, 0.4) is 0 Å².